The van der Waals surface area contributed by atoms with E-state index in [0.717, 1.165) is 33.9 Å². The first-order valence-electron chi connectivity index (χ1n) is 15.4. The fraction of sp³-hybridized carbons (Fsp3) is 0.0476. The van der Waals surface area contributed by atoms with Crippen LogP contribution >= 0.6 is 0 Å². The Balaban J connectivity index is 1.34. The maximum atomic E-state index is 4.20. The molecule has 0 N–H and O–H groups in total. The van der Waals surface area contributed by atoms with Crippen molar-refractivity contribution in [1.29, 1.82) is 0 Å². The van der Waals surface area contributed by atoms with Crippen molar-refractivity contribution in [2.24, 2.45) is 0 Å². The van der Waals surface area contributed by atoms with Crippen molar-refractivity contribution < 1.29 is 0 Å². The summed E-state index contributed by atoms with van der Waals surface area (Å²) in [5, 5.41) is 2.43. The predicted octanol–water partition coefficient (Wildman–Crippen LogP) is 11.0. The molecule has 0 unspecified atom stereocenters. The molecule has 7 rings (SSSR count). The second-order valence-corrected chi connectivity index (χ2v) is 11.4. The summed E-state index contributed by atoms with van der Waals surface area (Å²) in [6.45, 7) is 8.15. The van der Waals surface area contributed by atoms with Crippen LogP contribution in [0.3, 0.4) is 0 Å². The Labute approximate surface area is 269 Å². The third-order valence-electron chi connectivity index (χ3n) is 8.40. The predicted molar refractivity (Wildman–Crippen MR) is 194 cm³/mol. The van der Waals surface area contributed by atoms with Crippen molar-refractivity contribution in [2.45, 2.75) is 13.8 Å². The zero-order chi connectivity index (χ0) is 31.5. The minimum Gasteiger partial charge on any atom is -0.314 e. The maximum Gasteiger partial charge on any atom is 0.115 e. The molecule has 4 heteroatoms. The molecule has 7 aromatic rings. The van der Waals surface area contributed by atoms with Gasteiger partial charge in [-0.05, 0) is 96.8 Å². The maximum absolute atomic E-state index is 4.20. The second kappa shape index (κ2) is 12.5. The van der Waals surface area contributed by atoms with Gasteiger partial charge in [0.05, 0.1) is 11.0 Å². The Kier molecular flexibility index (Phi) is 7.84. The number of aryl methyl sites for hydroxylation is 1. The molecule has 2 heterocycles. The Hall–Kier alpha value is -6.00. The third-order valence-corrected chi connectivity index (χ3v) is 8.40. The van der Waals surface area contributed by atoms with E-state index in [9.17, 15) is 0 Å². The molecule has 0 radical (unpaired) electrons. The van der Waals surface area contributed by atoms with Crippen LogP contribution in [-0.4, -0.2) is 14.5 Å². The van der Waals surface area contributed by atoms with Gasteiger partial charge in [-0.15, -0.1) is 0 Å². The lowest BCUT2D eigenvalue weighted by atomic mass is 9.97. The van der Waals surface area contributed by atoms with Crippen LogP contribution in [0.1, 0.15) is 12.5 Å². The minimum atomic E-state index is 1.01. The number of fused-ring (bicyclic) bond motifs is 3. The van der Waals surface area contributed by atoms with Crippen LogP contribution in [0, 0.1) is 6.92 Å². The van der Waals surface area contributed by atoms with E-state index in [1.54, 1.807) is 12.4 Å². The first-order valence-corrected chi connectivity index (χ1v) is 15.4. The van der Waals surface area contributed by atoms with Crippen molar-refractivity contribution in [3.63, 3.8) is 0 Å². The second-order valence-electron chi connectivity index (χ2n) is 11.4. The summed E-state index contributed by atoms with van der Waals surface area (Å²) in [5.74, 6) is 0. The van der Waals surface area contributed by atoms with Gasteiger partial charge in [0.2, 0.25) is 0 Å². The van der Waals surface area contributed by atoms with Crippen LogP contribution in [0.4, 0.5) is 11.4 Å². The van der Waals surface area contributed by atoms with Crippen LogP contribution in [0.25, 0.3) is 49.7 Å². The standard InChI is InChI=1S/C42H34N4/c1-4-5-7-13-31(3)45(35-16-8-6-9-17-35)37-21-23-42-40(26-37)39-18-10-11-19-41(39)46(42)36-20-22-38(30(2)24-36)33-15-12-14-32(25-33)34-27-43-29-44-28-34/h4-29H,1H2,2-3H3/b7-5-,31-13+. The van der Waals surface area contributed by atoms with Gasteiger partial charge in [-0.25, -0.2) is 9.97 Å². The van der Waals surface area contributed by atoms with E-state index in [1.807, 2.05) is 24.5 Å². The van der Waals surface area contributed by atoms with Gasteiger partial charge in [0.25, 0.3) is 0 Å². The zero-order valence-corrected chi connectivity index (χ0v) is 26.0. The van der Waals surface area contributed by atoms with E-state index in [-0.39, 0.29) is 0 Å². The lowest BCUT2D eigenvalue weighted by Gasteiger charge is -2.26. The summed E-state index contributed by atoms with van der Waals surface area (Å²) >= 11 is 0. The van der Waals surface area contributed by atoms with Crippen molar-refractivity contribution in [3.8, 4) is 27.9 Å². The molecule has 0 saturated heterocycles. The highest BCUT2D eigenvalue weighted by molar-refractivity contribution is 6.10. The number of aromatic nitrogens is 3. The molecule has 0 aliphatic rings. The lowest BCUT2D eigenvalue weighted by Crippen LogP contribution is -2.14. The van der Waals surface area contributed by atoms with Crippen molar-refractivity contribution in [1.82, 2.24) is 14.5 Å². The van der Waals surface area contributed by atoms with Gasteiger partial charge in [0, 0.05) is 51.5 Å². The first-order chi connectivity index (χ1) is 22.6. The fourth-order valence-electron chi connectivity index (χ4n) is 6.28. The zero-order valence-electron chi connectivity index (χ0n) is 26.0. The largest absolute Gasteiger partial charge is 0.314 e. The molecule has 222 valence electrons. The molecule has 46 heavy (non-hydrogen) atoms. The fourth-order valence-corrected chi connectivity index (χ4v) is 6.28. The number of allylic oxidation sites excluding steroid dienone is 5. The lowest BCUT2D eigenvalue weighted by molar-refractivity contribution is 1.15. The monoisotopic (exact) mass is 594 g/mol. The highest BCUT2D eigenvalue weighted by atomic mass is 15.1. The van der Waals surface area contributed by atoms with Gasteiger partial charge < -0.3 is 9.47 Å². The smallest absolute Gasteiger partial charge is 0.115 e. The summed E-state index contributed by atoms with van der Waals surface area (Å²) in [7, 11) is 0. The summed E-state index contributed by atoms with van der Waals surface area (Å²) < 4.78 is 2.38. The van der Waals surface area contributed by atoms with Crippen LogP contribution in [0.15, 0.2) is 171 Å². The molecule has 2 aromatic heterocycles. The van der Waals surface area contributed by atoms with Gasteiger partial charge in [0.1, 0.15) is 6.33 Å². The molecular weight excluding hydrogens is 560 g/mol. The molecule has 0 spiro atoms. The molecule has 0 aliphatic carbocycles. The van der Waals surface area contributed by atoms with Gasteiger partial charge >= 0.3 is 0 Å². The van der Waals surface area contributed by atoms with E-state index in [1.165, 1.54) is 38.5 Å². The Bertz CT molecular complexity index is 2240. The van der Waals surface area contributed by atoms with Crippen molar-refractivity contribution in [3.05, 3.63) is 176 Å². The van der Waals surface area contributed by atoms with Crippen molar-refractivity contribution in [2.75, 3.05) is 4.90 Å². The summed E-state index contributed by atoms with van der Waals surface area (Å²) in [4.78, 5) is 10.7. The number of hydrogen-bond acceptors (Lipinski definition) is 3. The molecule has 0 aliphatic heterocycles. The molecule has 0 bridgehead atoms. The number of rotatable bonds is 8. The number of hydrogen-bond donors (Lipinski definition) is 0. The summed E-state index contributed by atoms with van der Waals surface area (Å²) in [6.07, 6.45) is 13.2. The van der Waals surface area contributed by atoms with Gasteiger partial charge in [-0.3, -0.25) is 0 Å². The topological polar surface area (TPSA) is 34.0 Å². The van der Waals surface area contributed by atoms with Gasteiger partial charge in [0.15, 0.2) is 0 Å². The Morgan fingerprint density at radius 1 is 0.674 bits per heavy atom. The van der Waals surface area contributed by atoms with Crippen LogP contribution in [-0.2, 0) is 0 Å². The van der Waals surface area contributed by atoms with E-state index >= 15 is 0 Å². The average Bonchev–Trinajstić information content (AvgIpc) is 3.43. The van der Waals surface area contributed by atoms with E-state index in [2.05, 4.69) is 161 Å². The molecule has 0 saturated carbocycles. The Morgan fingerprint density at radius 3 is 2.24 bits per heavy atom. The van der Waals surface area contributed by atoms with Crippen LogP contribution < -0.4 is 4.90 Å². The summed E-state index contributed by atoms with van der Waals surface area (Å²) in [6, 6.07) is 41.3. The third kappa shape index (κ3) is 5.42. The Morgan fingerprint density at radius 2 is 1.43 bits per heavy atom. The van der Waals surface area contributed by atoms with E-state index in [4.69, 9.17) is 0 Å². The van der Waals surface area contributed by atoms with E-state index in [0.29, 0.717) is 0 Å². The molecule has 0 atom stereocenters. The quantitative estimate of drug-likeness (QED) is 0.164. The van der Waals surface area contributed by atoms with Crippen LogP contribution in [0.5, 0.6) is 0 Å². The highest BCUT2D eigenvalue weighted by Crippen LogP contribution is 2.38. The number of anilines is 2. The number of nitrogens with zero attached hydrogens (tertiary/aromatic N) is 4. The molecular formula is C42H34N4. The first kappa shape index (κ1) is 28.8. The highest BCUT2D eigenvalue weighted by Gasteiger charge is 2.17. The van der Waals surface area contributed by atoms with Gasteiger partial charge in [-0.2, -0.15) is 0 Å². The number of benzene rings is 5. The molecule has 4 nitrogen and oxygen atoms in total. The molecule has 0 amide bonds. The van der Waals surface area contributed by atoms with Crippen molar-refractivity contribution >= 4 is 33.2 Å². The minimum absolute atomic E-state index is 1.01. The molecule has 5 aromatic carbocycles. The van der Waals surface area contributed by atoms with Gasteiger partial charge in [-0.1, -0.05) is 85.5 Å². The molecule has 0 fully saturated rings. The van der Waals surface area contributed by atoms with E-state index < -0.39 is 0 Å². The average molecular weight is 595 g/mol. The normalized spacial score (nSPS) is 11.8. The number of para-hydroxylation sites is 2. The summed E-state index contributed by atoms with van der Waals surface area (Å²) in [5.41, 5.74) is 12.5. The van der Waals surface area contributed by atoms with Crippen LogP contribution in [0.2, 0.25) is 0 Å². The SMILES string of the molecule is C=C/C=C\C=C(/C)N(c1ccccc1)c1ccc2c(c1)c1ccccc1n2-c1ccc(-c2cccc(-c3cncnc3)c2)c(C)c1.